The molecule has 0 saturated heterocycles. The molecule has 0 aliphatic heterocycles. The lowest BCUT2D eigenvalue weighted by Gasteiger charge is -1.97. The van der Waals surface area contributed by atoms with Gasteiger partial charge in [-0.15, -0.1) is 0 Å². The van der Waals surface area contributed by atoms with E-state index < -0.39 is 4.92 Å². The van der Waals surface area contributed by atoms with E-state index in [2.05, 4.69) is 4.98 Å². The number of rotatable bonds is 1. The molecule has 0 fully saturated rings. The van der Waals surface area contributed by atoms with E-state index in [4.69, 9.17) is 0 Å². The number of nitrogens with zero attached hydrogens (tertiary/aromatic N) is 2. The van der Waals surface area contributed by atoms with Crippen molar-refractivity contribution >= 4 is 11.5 Å². The Kier molecular flexibility index (Phi) is 1.82. The third kappa shape index (κ3) is 1.25. The van der Waals surface area contributed by atoms with Crippen molar-refractivity contribution in [1.82, 2.24) is 4.98 Å². The molecule has 0 saturated carbocycles. The van der Waals surface area contributed by atoms with Crippen molar-refractivity contribution in [3.8, 4) is 11.1 Å². The number of carbonyl (C=O) groups excluding carboxylic acids is 1. The molecular formula is C12H6N2O3. The van der Waals surface area contributed by atoms with Crippen LogP contribution in [-0.2, 0) is 0 Å². The number of hydrogen-bond donors (Lipinski definition) is 0. The standard InChI is InChI=1S/C12H6N2O3/c15-12-10-6-7(14(16)17)3-4-8(10)9-2-1-5-13-11(9)12/h1-6H. The lowest BCUT2D eigenvalue weighted by Crippen LogP contribution is -1.98. The van der Waals surface area contributed by atoms with Gasteiger partial charge in [-0.2, -0.15) is 0 Å². The van der Waals surface area contributed by atoms with Gasteiger partial charge in [-0.3, -0.25) is 19.9 Å². The fraction of sp³-hybridized carbons (Fsp3) is 0. The summed E-state index contributed by atoms with van der Waals surface area (Å²) < 4.78 is 0. The Morgan fingerprint density at radius 1 is 1.12 bits per heavy atom. The summed E-state index contributed by atoms with van der Waals surface area (Å²) in [5.41, 5.74) is 2.09. The molecule has 1 aliphatic rings. The number of nitro benzene ring substituents is 1. The lowest BCUT2D eigenvalue weighted by molar-refractivity contribution is -0.384. The van der Waals surface area contributed by atoms with Gasteiger partial charge in [0.15, 0.2) is 0 Å². The minimum atomic E-state index is -0.510. The zero-order valence-electron chi connectivity index (χ0n) is 8.58. The Morgan fingerprint density at radius 2 is 1.94 bits per heavy atom. The smallest absolute Gasteiger partial charge is 0.270 e. The number of ketones is 1. The van der Waals surface area contributed by atoms with E-state index in [1.165, 1.54) is 18.3 Å². The predicted molar refractivity (Wildman–Crippen MR) is 59.8 cm³/mol. The van der Waals surface area contributed by atoms with E-state index in [1.807, 2.05) is 0 Å². The molecule has 1 aromatic heterocycles. The largest absolute Gasteiger partial charge is 0.287 e. The van der Waals surface area contributed by atoms with E-state index in [9.17, 15) is 14.9 Å². The van der Waals surface area contributed by atoms with Crippen LogP contribution in [0.2, 0.25) is 0 Å². The number of carbonyl (C=O) groups is 1. The second-order valence-corrected chi connectivity index (χ2v) is 3.72. The average molecular weight is 226 g/mol. The molecule has 1 heterocycles. The van der Waals surface area contributed by atoms with Gasteiger partial charge < -0.3 is 0 Å². The Morgan fingerprint density at radius 3 is 2.71 bits per heavy atom. The van der Waals surface area contributed by atoms with Crippen molar-refractivity contribution < 1.29 is 9.72 Å². The molecular weight excluding hydrogens is 220 g/mol. The minimum absolute atomic E-state index is 0.0788. The SMILES string of the molecule is O=C1c2cc([N+](=O)[O-])ccc2-c2cccnc21. The van der Waals surface area contributed by atoms with Crippen LogP contribution in [0.15, 0.2) is 36.5 Å². The predicted octanol–water partition coefficient (Wildman–Crippen LogP) is 2.20. The van der Waals surface area contributed by atoms with Crippen LogP contribution in [0.5, 0.6) is 0 Å². The molecule has 0 bridgehead atoms. The number of pyridine rings is 1. The van der Waals surface area contributed by atoms with Crippen molar-refractivity contribution in [3.63, 3.8) is 0 Å². The zero-order chi connectivity index (χ0) is 12.0. The first-order chi connectivity index (χ1) is 8.18. The van der Waals surface area contributed by atoms with E-state index in [-0.39, 0.29) is 11.5 Å². The van der Waals surface area contributed by atoms with Crippen molar-refractivity contribution in [2.24, 2.45) is 0 Å². The van der Waals surface area contributed by atoms with E-state index in [0.29, 0.717) is 16.8 Å². The van der Waals surface area contributed by atoms with Crippen LogP contribution in [0.25, 0.3) is 11.1 Å². The number of nitro groups is 1. The Balaban J connectivity index is 2.28. The number of aromatic nitrogens is 1. The van der Waals surface area contributed by atoms with Crippen molar-refractivity contribution in [1.29, 1.82) is 0 Å². The monoisotopic (exact) mass is 226 g/mol. The van der Waals surface area contributed by atoms with Gasteiger partial charge in [-0.05, 0) is 17.7 Å². The second-order valence-electron chi connectivity index (χ2n) is 3.72. The van der Waals surface area contributed by atoms with Crippen LogP contribution in [0, 0.1) is 10.1 Å². The summed E-state index contributed by atoms with van der Waals surface area (Å²) in [6, 6.07) is 7.83. The molecule has 3 rings (SSSR count). The topological polar surface area (TPSA) is 73.1 Å². The maximum Gasteiger partial charge on any atom is 0.270 e. The molecule has 1 aromatic carbocycles. The quantitative estimate of drug-likeness (QED) is 0.471. The third-order valence-electron chi connectivity index (χ3n) is 2.77. The molecule has 0 atom stereocenters. The van der Waals surface area contributed by atoms with Crippen LogP contribution in [0.4, 0.5) is 5.69 Å². The van der Waals surface area contributed by atoms with Crippen LogP contribution in [-0.4, -0.2) is 15.7 Å². The summed E-state index contributed by atoms with van der Waals surface area (Å²) in [7, 11) is 0. The minimum Gasteiger partial charge on any atom is -0.287 e. The summed E-state index contributed by atoms with van der Waals surface area (Å²) in [5, 5.41) is 10.7. The van der Waals surface area contributed by atoms with Crippen LogP contribution in [0.3, 0.4) is 0 Å². The van der Waals surface area contributed by atoms with Gasteiger partial charge in [-0.1, -0.05) is 6.07 Å². The fourth-order valence-electron chi connectivity index (χ4n) is 2.00. The highest BCUT2D eigenvalue weighted by Gasteiger charge is 2.29. The number of benzene rings is 1. The molecule has 2 aromatic rings. The van der Waals surface area contributed by atoms with Crippen molar-refractivity contribution in [2.45, 2.75) is 0 Å². The Labute approximate surface area is 95.9 Å². The van der Waals surface area contributed by atoms with Gasteiger partial charge >= 0.3 is 0 Å². The molecule has 17 heavy (non-hydrogen) atoms. The lowest BCUT2D eigenvalue weighted by atomic mass is 10.1. The second kappa shape index (κ2) is 3.21. The van der Waals surface area contributed by atoms with Gasteiger partial charge in [0.2, 0.25) is 5.78 Å². The van der Waals surface area contributed by atoms with Crippen molar-refractivity contribution in [3.05, 3.63) is 57.9 Å². The first kappa shape index (κ1) is 9.65. The molecule has 0 amide bonds. The summed E-state index contributed by atoms with van der Waals surface area (Å²) in [6.07, 6.45) is 1.54. The highest BCUT2D eigenvalue weighted by molar-refractivity contribution is 6.20. The van der Waals surface area contributed by atoms with Crippen LogP contribution in [0.1, 0.15) is 16.1 Å². The van der Waals surface area contributed by atoms with E-state index in [1.54, 1.807) is 18.2 Å². The number of non-ortho nitro benzene ring substituents is 1. The summed E-state index contributed by atoms with van der Waals surface area (Å²) in [6.45, 7) is 0. The normalized spacial score (nSPS) is 12.1. The van der Waals surface area contributed by atoms with Crippen LogP contribution >= 0.6 is 0 Å². The first-order valence-corrected chi connectivity index (χ1v) is 4.97. The summed E-state index contributed by atoms with van der Waals surface area (Å²) in [5.74, 6) is -0.251. The molecule has 0 spiro atoms. The number of fused-ring (bicyclic) bond motifs is 3. The average Bonchev–Trinajstić information content (AvgIpc) is 2.64. The first-order valence-electron chi connectivity index (χ1n) is 4.97. The van der Waals surface area contributed by atoms with Gasteiger partial charge in [0, 0.05) is 29.5 Å². The summed E-state index contributed by atoms with van der Waals surface area (Å²) >= 11 is 0. The molecule has 1 aliphatic carbocycles. The zero-order valence-corrected chi connectivity index (χ0v) is 8.58. The van der Waals surface area contributed by atoms with Gasteiger partial charge in [0.1, 0.15) is 5.69 Å². The molecule has 82 valence electrons. The molecule has 5 nitrogen and oxygen atoms in total. The highest BCUT2D eigenvalue weighted by atomic mass is 16.6. The highest BCUT2D eigenvalue weighted by Crippen LogP contribution is 2.36. The Bertz CT molecular complexity index is 665. The Hall–Kier alpha value is -2.56. The van der Waals surface area contributed by atoms with Gasteiger partial charge in [0.25, 0.3) is 5.69 Å². The number of hydrogen-bond acceptors (Lipinski definition) is 4. The van der Waals surface area contributed by atoms with Gasteiger partial charge in [-0.25, -0.2) is 0 Å². The summed E-state index contributed by atoms with van der Waals surface area (Å²) in [4.78, 5) is 26.1. The third-order valence-corrected chi connectivity index (χ3v) is 2.77. The van der Waals surface area contributed by atoms with Crippen molar-refractivity contribution in [2.75, 3.05) is 0 Å². The van der Waals surface area contributed by atoms with Crippen LogP contribution < -0.4 is 0 Å². The molecule has 0 N–H and O–H groups in total. The van der Waals surface area contributed by atoms with E-state index in [0.717, 1.165) is 5.56 Å². The molecule has 0 unspecified atom stereocenters. The maximum atomic E-state index is 12.0. The van der Waals surface area contributed by atoms with Gasteiger partial charge in [0.05, 0.1) is 4.92 Å². The molecule has 5 heteroatoms. The maximum absolute atomic E-state index is 12.0. The molecule has 0 radical (unpaired) electrons. The fourth-order valence-corrected chi connectivity index (χ4v) is 2.00. The van der Waals surface area contributed by atoms with E-state index >= 15 is 0 Å².